The molecule has 1 fully saturated rings. The lowest BCUT2D eigenvalue weighted by Gasteiger charge is -2.33. The van der Waals surface area contributed by atoms with Gasteiger partial charge in [0.15, 0.2) is 0 Å². The highest BCUT2D eigenvalue weighted by Gasteiger charge is 2.26. The van der Waals surface area contributed by atoms with Crippen molar-refractivity contribution < 1.29 is 13.2 Å². The number of nitrogens with one attached hydrogen (secondary N) is 2. The Hall–Kier alpha value is -1.57. The van der Waals surface area contributed by atoms with Gasteiger partial charge in [0.25, 0.3) is 0 Å². The van der Waals surface area contributed by atoms with Gasteiger partial charge in [-0.15, -0.1) is 0 Å². The molecule has 22 heavy (non-hydrogen) atoms. The van der Waals surface area contributed by atoms with Crippen molar-refractivity contribution >= 4 is 15.9 Å². The highest BCUT2D eigenvalue weighted by atomic mass is 32.2. The average Bonchev–Trinajstić information content (AvgIpc) is 2.99. The Morgan fingerprint density at radius 3 is 3.00 bits per heavy atom. The van der Waals surface area contributed by atoms with Crippen molar-refractivity contribution in [3.05, 3.63) is 18.0 Å². The summed E-state index contributed by atoms with van der Waals surface area (Å²) in [5.74, 6) is 0.374. The van der Waals surface area contributed by atoms with E-state index in [1.807, 2.05) is 13.0 Å². The summed E-state index contributed by atoms with van der Waals surface area (Å²) in [7, 11) is -2.99. The van der Waals surface area contributed by atoms with Gasteiger partial charge in [-0.1, -0.05) is 0 Å². The Labute approximate surface area is 131 Å². The number of rotatable bonds is 5. The SMILES string of the molecule is C[C@@H](CCS(C)(=O)=O)NC(=O)N1CCC[C@@H](c2ccn[nH]2)C1. The molecule has 0 spiro atoms. The quantitative estimate of drug-likeness (QED) is 0.847. The second-order valence-corrected chi connectivity index (χ2v) is 8.33. The Kier molecular flexibility index (Phi) is 5.44. The number of urea groups is 1. The van der Waals surface area contributed by atoms with Crippen LogP contribution in [-0.4, -0.2) is 60.7 Å². The van der Waals surface area contributed by atoms with Crippen molar-refractivity contribution in [3.63, 3.8) is 0 Å². The molecule has 2 rings (SSSR count). The predicted molar refractivity (Wildman–Crippen MR) is 84.5 cm³/mol. The van der Waals surface area contributed by atoms with Gasteiger partial charge in [0.2, 0.25) is 0 Å². The summed E-state index contributed by atoms with van der Waals surface area (Å²) in [5, 5.41) is 9.82. The fourth-order valence-electron chi connectivity index (χ4n) is 2.67. The smallest absolute Gasteiger partial charge is 0.317 e. The van der Waals surface area contributed by atoms with E-state index in [1.54, 1.807) is 11.1 Å². The molecule has 2 amide bonds. The minimum absolute atomic E-state index is 0.0885. The Morgan fingerprint density at radius 2 is 2.36 bits per heavy atom. The Morgan fingerprint density at radius 1 is 1.59 bits per heavy atom. The summed E-state index contributed by atoms with van der Waals surface area (Å²) in [6, 6.07) is 1.67. The van der Waals surface area contributed by atoms with Gasteiger partial charge in [0.05, 0.1) is 5.75 Å². The molecule has 0 aliphatic carbocycles. The molecule has 0 saturated carbocycles. The number of carbonyl (C=O) groups is 1. The summed E-state index contributed by atoms with van der Waals surface area (Å²) in [6.07, 6.45) is 5.36. The van der Waals surface area contributed by atoms with Crippen LogP contribution < -0.4 is 5.32 Å². The molecule has 1 aromatic heterocycles. The van der Waals surface area contributed by atoms with Crippen LogP contribution in [0.15, 0.2) is 12.3 Å². The minimum Gasteiger partial charge on any atom is -0.336 e. The number of sulfone groups is 1. The fraction of sp³-hybridized carbons (Fsp3) is 0.714. The third kappa shape index (κ3) is 5.01. The van der Waals surface area contributed by atoms with Gasteiger partial charge in [0, 0.05) is 43.2 Å². The molecule has 0 unspecified atom stereocenters. The van der Waals surface area contributed by atoms with Crippen LogP contribution in [0.2, 0.25) is 0 Å². The topological polar surface area (TPSA) is 95.2 Å². The Balaban J connectivity index is 1.84. The van der Waals surface area contributed by atoms with Gasteiger partial charge in [-0.3, -0.25) is 5.10 Å². The summed E-state index contributed by atoms with van der Waals surface area (Å²) in [4.78, 5) is 14.1. The molecule has 124 valence electrons. The molecule has 0 radical (unpaired) electrons. The maximum Gasteiger partial charge on any atom is 0.317 e. The molecule has 0 bridgehead atoms. The second kappa shape index (κ2) is 7.13. The molecule has 2 heterocycles. The normalized spacial score (nSPS) is 20.6. The molecule has 0 aromatic carbocycles. The number of nitrogens with zero attached hydrogens (tertiary/aromatic N) is 2. The summed E-state index contributed by atoms with van der Waals surface area (Å²) in [6.45, 7) is 3.22. The molecule has 1 saturated heterocycles. The number of H-pyrrole nitrogens is 1. The van der Waals surface area contributed by atoms with Crippen LogP contribution in [0, 0.1) is 0 Å². The predicted octanol–water partition coefficient (Wildman–Crippen LogP) is 1.12. The lowest BCUT2D eigenvalue weighted by atomic mass is 9.95. The minimum atomic E-state index is -2.99. The first-order valence-corrected chi connectivity index (χ1v) is 9.63. The van der Waals surface area contributed by atoms with E-state index < -0.39 is 9.84 Å². The fourth-order valence-corrected chi connectivity index (χ4v) is 3.46. The molecule has 1 aliphatic heterocycles. The zero-order valence-electron chi connectivity index (χ0n) is 13.1. The standard InChI is InChI=1S/C14H24N4O3S/c1-11(6-9-22(2,20)21)16-14(19)18-8-3-4-12(10-18)13-5-7-15-17-13/h5,7,11-12H,3-4,6,8-10H2,1-2H3,(H,15,17)(H,16,19)/t11-,12+/m0/s1. The number of hydrogen-bond donors (Lipinski definition) is 2. The van der Waals surface area contributed by atoms with Crippen molar-refractivity contribution in [3.8, 4) is 0 Å². The lowest BCUT2D eigenvalue weighted by Crippen LogP contribution is -2.47. The zero-order chi connectivity index (χ0) is 16.2. The van der Waals surface area contributed by atoms with Crippen LogP contribution in [0.25, 0.3) is 0 Å². The van der Waals surface area contributed by atoms with Crippen molar-refractivity contribution in [1.82, 2.24) is 20.4 Å². The maximum absolute atomic E-state index is 12.3. The van der Waals surface area contributed by atoms with E-state index in [0.29, 0.717) is 13.0 Å². The van der Waals surface area contributed by atoms with Crippen molar-refractivity contribution in [2.24, 2.45) is 0 Å². The average molecular weight is 328 g/mol. The van der Waals surface area contributed by atoms with Gasteiger partial charge >= 0.3 is 6.03 Å². The van der Waals surface area contributed by atoms with Gasteiger partial charge in [-0.2, -0.15) is 5.10 Å². The highest BCUT2D eigenvalue weighted by Crippen LogP contribution is 2.25. The van der Waals surface area contributed by atoms with Crippen LogP contribution >= 0.6 is 0 Å². The van der Waals surface area contributed by atoms with Crippen LogP contribution in [0.5, 0.6) is 0 Å². The highest BCUT2D eigenvalue weighted by molar-refractivity contribution is 7.90. The first kappa shape index (κ1) is 16.8. The van der Waals surface area contributed by atoms with Crippen LogP contribution in [0.1, 0.15) is 37.8 Å². The third-order valence-electron chi connectivity index (χ3n) is 3.96. The van der Waals surface area contributed by atoms with E-state index in [-0.39, 0.29) is 23.7 Å². The summed E-state index contributed by atoms with van der Waals surface area (Å²) in [5.41, 5.74) is 1.06. The van der Waals surface area contributed by atoms with Crippen molar-refractivity contribution in [2.45, 2.75) is 38.1 Å². The van der Waals surface area contributed by atoms with Gasteiger partial charge in [-0.25, -0.2) is 13.2 Å². The number of aromatic amines is 1. The first-order valence-electron chi connectivity index (χ1n) is 7.57. The molecular weight excluding hydrogens is 304 g/mol. The lowest BCUT2D eigenvalue weighted by molar-refractivity contribution is 0.175. The van der Waals surface area contributed by atoms with Crippen molar-refractivity contribution in [1.29, 1.82) is 0 Å². The number of amides is 2. The van der Waals surface area contributed by atoms with Crippen molar-refractivity contribution in [2.75, 3.05) is 25.1 Å². The third-order valence-corrected chi connectivity index (χ3v) is 4.94. The number of carbonyl (C=O) groups excluding carboxylic acids is 1. The van der Waals surface area contributed by atoms with E-state index >= 15 is 0 Å². The maximum atomic E-state index is 12.3. The molecular formula is C14H24N4O3S. The van der Waals surface area contributed by atoms with Crippen LogP contribution in [-0.2, 0) is 9.84 Å². The van der Waals surface area contributed by atoms with Crippen LogP contribution in [0.4, 0.5) is 4.79 Å². The molecule has 1 aromatic rings. The second-order valence-electron chi connectivity index (χ2n) is 6.07. The van der Waals surface area contributed by atoms with E-state index in [2.05, 4.69) is 15.5 Å². The van der Waals surface area contributed by atoms with E-state index in [0.717, 1.165) is 25.1 Å². The van der Waals surface area contributed by atoms with E-state index in [4.69, 9.17) is 0 Å². The monoisotopic (exact) mass is 328 g/mol. The Bertz CT molecular complexity index is 585. The summed E-state index contributed by atoms with van der Waals surface area (Å²) >= 11 is 0. The van der Waals surface area contributed by atoms with Gasteiger partial charge in [0.1, 0.15) is 9.84 Å². The zero-order valence-corrected chi connectivity index (χ0v) is 13.9. The molecule has 1 aliphatic rings. The van der Waals surface area contributed by atoms with Crippen LogP contribution in [0.3, 0.4) is 0 Å². The number of likely N-dealkylation sites (tertiary alicyclic amines) is 1. The number of hydrogen-bond acceptors (Lipinski definition) is 4. The molecule has 2 atom stereocenters. The summed E-state index contributed by atoms with van der Waals surface area (Å²) < 4.78 is 22.3. The molecule has 2 N–H and O–H groups in total. The first-order chi connectivity index (χ1) is 10.3. The molecule has 8 heteroatoms. The van der Waals surface area contributed by atoms with E-state index in [9.17, 15) is 13.2 Å². The van der Waals surface area contributed by atoms with Gasteiger partial charge in [-0.05, 0) is 32.3 Å². The number of piperidine rings is 1. The largest absolute Gasteiger partial charge is 0.336 e. The number of aromatic nitrogens is 2. The molecule has 7 nitrogen and oxygen atoms in total. The van der Waals surface area contributed by atoms with Gasteiger partial charge < -0.3 is 10.2 Å². The van der Waals surface area contributed by atoms with E-state index in [1.165, 1.54) is 6.26 Å².